The van der Waals surface area contributed by atoms with E-state index in [1.165, 1.54) is 7.11 Å². The van der Waals surface area contributed by atoms with Crippen molar-refractivity contribution in [1.29, 1.82) is 0 Å². The number of ether oxygens (including phenoxy) is 1. The first-order valence-corrected chi connectivity index (χ1v) is 6.20. The average molecular weight is 280 g/mol. The molecule has 5 nitrogen and oxygen atoms in total. The number of aromatic nitrogens is 2. The Morgan fingerprint density at radius 2 is 2.32 bits per heavy atom. The molecule has 2 aromatic rings. The van der Waals surface area contributed by atoms with Crippen molar-refractivity contribution in [3.8, 4) is 5.75 Å². The molecule has 1 heterocycles. The molecule has 0 aliphatic carbocycles. The van der Waals surface area contributed by atoms with Crippen LogP contribution in [0.25, 0.3) is 0 Å². The van der Waals surface area contributed by atoms with Gasteiger partial charge in [-0.2, -0.15) is 5.10 Å². The molecule has 1 amide bonds. The zero-order valence-electron chi connectivity index (χ0n) is 10.7. The van der Waals surface area contributed by atoms with Crippen LogP contribution in [-0.4, -0.2) is 23.2 Å². The lowest BCUT2D eigenvalue weighted by molar-refractivity contribution is 0.102. The van der Waals surface area contributed by atoms with Crippen molar-refractivity contribution < 1.29 is 9.53 Å². The molecule has 0 aliphatic rings. The fraction of sp³-hybridized carbons (Fsp3) is 0.231. The maximum atomic E-state index is 12.2. The predicted molar refractivity (Wildman–Crippen MR) is 73.9 cm³/mol. The number of hydrogen-bond donors (Lipinski definition) is 2. The molecule has 0 radical (unpaired) electrons. The Morgan fingerprint density at radius 1 is 1.53 bits per heavy atom. The summed E-state index contributed by atoms with van der Waals surface area (Å²) >= 11 is 5.90. The van der Waals surface area contributed by atoms with Crippen molar-refractivity contribution in [3.63, 3.8) is 0 Å². The fourth-order valence-corrected chi connectivity index (χ4v) is 1.90. The number of nitrogens with one attached hydrogen (secondary N) is 2. The summed E-state index contributed by atoms with van der Waals surface area (Å²) < 4.78 is 5.15. The largest absolute Gasteiger partial charge is 0.496 e. The summed E-state index contributed by atoms with van der Waals surface area (Å²) in [6.45, 7) is 1.99. The van der Waals surface area contributed by atoms with E-state index < -0.39 is 0 Å². The number of methoxy groups -OCH3 is 1. The lowest BCUT2D eigenvalue weighted by Gasteiger charge is -2.09. The van der Waals surface area contributed by atoms with Gasteiger partial charge in [0.25, 0.3) is 5.91 Å². The van der Waals surface area contributed by atoms with Crippen LogP contribution < -0.4 is 10.1 Å². The van der Waals surface area contributed by atoms with Gasteiger partial charge < -0.3 is 10.1 Å². The third-order valence-electron chi connectivity index (χ3n) is 2.74. The van der Waals surface area contributed by atoms with Crippen LogP contribution in [0.15, 0.2) is 24.4 Å². The summed E-state index contributed by atoms with van der Waals surface area (Å²) in [4.78, 5) is 12.2. The Morgan fingerprint density at radius 3 is 3.00 bits per heavy atom. The second kappa shape index (κ2) is 5.75. The van der Waals surface area contributed by atoms with Crippen molar-refractivity contribution >= 4 is 23.3 Å². The maximum Gasteiger partial charge on any atom is 0.260 e. The topological polar surface area (TPSA) is 67.0 Å². The molecule has 0 aliphatic heterocycles. The van der Waals surface area contributed by atoms with Crippen LogP contribution in [0, 0.1) is 0 Å². The first-order valence-electron chi connectivity index (χ1n) is 5.82. The van der Waals surface area contributed by atoms with Gasteiger partial charge in [-0.15, -0.1) is 0 Å². The molecule has 6 heteroatoms. The molecule has 0 fully saturated rings. The third kappa shape index (κ3) is 2.88. The summed E-state index contributed by atoms with van der Waals surface area (Å²) in [5, 5.41) is 9.90. The molecule has 0 unspecified atom stereocenters. The minimum absolute atomic E-state index is 0.293. The Balaban J connectivity index is 2.27. The van der Waals surface area contributed by atoms with Crippen LogP contribution >= 0.6 is 11.6 Å². The van der Waals surface area contributed by atoms with E-state index in [4.69, 9.17) is 16.3 Å². The Bertz CT molecular complexity index is 595. The second-order valence-corrected chi connectivity index (χ2v) is 4.36. The molecule has 2 rings (SSSR count). The number of anilines is 1. The number of carbonyl (C=O) groups is 1. The lowest BCUT2D eigenvalue weighted by atomic mass is 10.2. The summed E-state index contributed by atoms with van der Waals surface area (Å²) in [6, 6.07) is 4.90. The van der Waals surface area contributed by atoms with Crippen LogP contribution in [0.3, 0.4) is 0 Å². The zero-order valence-corrected chi connectivity index (χ0v) is 11.4. The van der Waals surface area contributed by atoms with E-state index in [0.29, 0.717) is 22.2 Å². The standard InChI is InChI=1S/C13H14ClN3O2/c1-3-8-7-15-17-12(8)16-13(18)10-6-9(14)4-5-11(10)19-2/h4-7H,3H2,1-2H3,(H2,15,16,17,18). The molecule has 0 bridgehead atoms. The van der Waals surface area contributed by atoms with E-state index in [-0.39, 0.29) is 5.91 Å². The molecule has 19 heavy (non-hydrogen) atoms. The van der Waals surface area contributed by atoms with Crippen LogP contribution in [0.1, 0.15) is 22.8 Å². The van der Waals surface area contributed by atoms with E-state index in [1.807, 2.05) is 6.92 Å². The van der Waals surface area contributed by atoms with Crippen molar-refractivity contribution in [2.75, 3.05) is 12.4 Å². The van der Waals surface area contributed by atoms with Crippen molar-refractivity contribution in [2.24, 2.45) is 0 Å². The van der Waals surface area contributed by atoms with Gasteiger partial charge in [-0.05, 0) is 24.6 Å². The van der Waals surface area contributed by atoms with Gasteiger partial charge in [-0.25, -0.2) is 0 Å². The van der Waals surface area contributed by atoms with Crippen molar-refractivity contribution in [2.45, 2.75) is 13.3 Å². The molecule has 0 saturated carbocycles. The van der Waals surface area contributed by atoms with Crippen LogP contribution in [0.2, 0.25) is 5.02 Å². The van der Waals surface area contributed by atoms with Crippen molar-refractivity contribution in [3.05, 3.63) is 40.5 Å². The van der Waals surface area contributed by atoms with Crippen molar-refractivity contribution in [1.82, 2.24) is 10.2 Å². The van der Waals surface area contributed by atoms with Crippen LogP contribution in [0.4, 0.5) is 5.82 Å². The van der Waals surface area contributed by atoms with Gasteiger partial charge in [0.15, 0.2) is 0 Å². The highest BCUT2D eigenvalue weighted by molar-refractivity contribution is 6.31. The number of rotatable bonds is 4. The quantitative estimate of drug-likeness (QED) is 0.904. The summed E-state index contributed by atoms with van der Waals surface area (Å²) in [5.41, 5.74) is 1.32. The highest BCUT2D eigenvalue weighted by Crippen LogP contribution is 2.24. The fourth-order valence-electron chi connectivity index (χ4n) is 1.73. The molecule has 0 atom stereocenters. The Hall–Kier alpha value is -2.01. The second-order valence-electron chi connectivity index (χ2n) is 3.92. The van der Waals surface area contributed by atoms with Gasteiger partial charge in [0.2, 0.25) is 0 Å². The number of carbonyl (C=O) groups excluding carboxylic acids is 1. The summed E-state index contributed by atoms with van der Waals surface area (Å²) in [7, 11) is 1.51. The number of nitrogens with zero attached hydrogens (tertiary/aromatic N) is 1. The lowest BCUT2D eigenvalue weighted by Crippen LogP contribution is -2.14. The summed E-state index contributed by atoms with van der Waals surface area (Å²) in [6.07, 6.45) is 2.46. The van der Waals surface area contributed by atoms with E-state index in [9.17, 15) is 4.79 Å². The maximum absolute atomic E-state index is 12.2. The Labute approximate surface area is 115 Å². The first kappa shape index (κ1) is 13.4. The molecule has 1 aromatic carbocycles. The number of halogens is 1. The highest BCUT2D eigenvalue weighted by Gasteiger charge is 2.15. The first-order chi connectivity index (χ1) is 9.15. The number of aromatic amines is 1. The normalized spacial score (nSPS) is 10.3. The molecular weight excluding hydrogens is 266 g/mol. The molecule has 1 aromatic heterocycles. The molecule has 0 saturated heterocycles. The van der Waals surface area contributed by atoms with Crippen LogP contribution in [0.5, 0.6) is 5.75 Å². The van der Waals surface area contributed by atoms with E-state index in [0.717, 1.165) is 12.0 Å². The van der Waals surface area contributed by atoms with E-state index in [1.54, 1.807) is 24.4 Å². The number of benzene rings is 1. The zero-order chi connectivity index (χ0) is 13.8. The molecular formula is C13H14ClN3O2. The SMILES string of the molecule is CCc1cn[nH]c1NC(=O)c1cc(Cl)ccc1OC. The molecule has 2 N–H and O–H groups in total. The third-order valence-corrected chi connectivity index (χ3v) is 2.98. The van der Waals surface area contributed by atoms with E-state index >= 15 is 0 Å². The average Bonchev–Trinajstić information content (AvgIpc) is 2.85. The Kier molecular flexibility index (Phi) is 4.06. The minimum Gasteiger partial charge on any atom is -0.496 e. The number of hydrogen-bond acceptors (Lipinski definition) is 3. The summed E-state index contributed by atoms with van der Waals surface area (Å²) in [5.74, 6) is 0.771. The van der Waals surface area contributed by atoms with Gasteiger partial charge in [-0.1, -0.05) is 18.5 Å². The predicted octanol–water partition coefficient (Wildman–Crippen LogP) is 2.89. The minimum atomic E-state index is -0.293. The van der Waals surface area contributed by atoms with Gasteiger partial charge in [0, 0.05) is 10.6 Å². The van der Waals surface area contributed by atoms with Gasteiger partial charge in [0.1, 0.15) is 11.6 Å². The molecule has 0 spiro atoms. The van der Waals surface area contributed by atoms with Crippen LogP contribution in [-0.2, 0) is 6.42 Å². The smallest absolute Gasteiger partial charge is 0.260 e. The van der Waals surface area contributed by atoms with E-state index in [2.05, 4.69) is 15.5 Å². The van der Waals surface area contributed by atoms with Gasteiger partial charge >= 0.3 is 0 Å². The van der Waals surface area contributed by atoms with Gasteiger partial charge in [0.05, 0.1) is 18.9 Å². The number of amides is 1. The number of aryl methyl sites for hydroxylation is 1. The number of H-pyrrole nitrogens is 1. The highest BCUT2D eigenvalue weighted by atomic mass is 35.5. The van der Waals surface area contributed by atoms with Gasteiger partial charge in [-0.3, -0.25) is 9.89 Å². The monoisotopic (exact) mass is 279 g/mol. The molecule has 100 valence electrons.